The molecular formula is C12H20N2O4S. The molecule has 1 rings (SSSR count). The first-order valence-electron chi connectivity index (χ1n) is 5.92. The van der Waals surface area contributed by atoms with Gasteiger partial charge in [0.15, 0.2) is 0 Å². The molecule has 0 saturated heterocycles. The lowest BCUT2D eigenvalue weighted by Gasteiger charge is -2.29. The predicted octanol–water partition coefficient (Wildman–Crippen LogP) is -0.0111. The van der Waals surface area contributed by atoms with Gasteiger partial charge in [-0.1, -0.05) is 6.92 Å². The molecule has 0 unspecified atom stereocenters. The van der Waals surface area contributed by atoms with Crippen molar-refractivity contribution in [2.75, 3.05) is 18.9 Å². The summed E-state index contributed by atoms with van der Waals surface area (Å²) in [6.07, 6.45) is 0.271. The number of benzene rings is 1. The Morgan fingerprint density at radius 3 is 2.32 bits per heavy atom. The summed E-state index contributed by atoms with van der Waals surface area (Å²) in [6.45, 7) is 2.36. The van der Waals surface area contributed by atoms with Crippen molar-refractivity contribution in [2.24, 2.45) is 0 Å². The first-order valence-corrected chi connectivity index (χ1v) is 7.40. The highest BCUT2D eigenvalue weighted by Gasteiger charge is 2.33. The lowest BCUT2D eigenvalue weighted by atomic mass is 10.0. The normalized spacial score (nSPS) is 12.6. The van der Waals surface area contributed by atoms with Gasteiger partial charge in [0.05, 0.1) is 23.6 Å². The van der Waals surface area contributed by atoms with E-state index in [9.17, 15) is 18.6 Å². The second-order valence-corrected chi connectivity index (χ2v) is 6.23. The van der Waals surface area contributed by atoms with Crippen molar-refractivity contribution in [1.29, 1.82) is 0 Å². The van der Waals surface area contributed by atoms with E-state index in [1.807, 2.05) is 0 Å². The van der Waals surface area contributed by atoms with Crippen molar-refractivity contribution in [3.63, 3.8) is 0 Å². The number of aryl methyl sites for hydroxylation is 1. The van der Waals surface area contributed by atoms with Crippen LogP contribution in [-0.2, 0) is 10.0 Å². The van der Waals surface area contributed by atoms with Crippen LogP contribution in [0.4, 0.5) is 5.69 Å². The molecule has 0 saturated carbocycles. The van der Waals surface area contributed by atoms with Crippen LogP contribution in [0.1, 0.15) is 18.9 Å². The number of aliphatic hydroxyl groups is 2. The molecule has 0 aliphatic heterocycles. The second kappa shape index (κ2) is 5.87. The number of anilines is 1. The van der Waals surface area contributed by atoms with E-state index >= 15 is 0 Å². The van der Waals surface area contributed by atoms with Crippen LogP contribution in [0.2, 0.25) is 0 Å². The minimum Gasteiger partial charge on any atom is -0.399 e. The predicted molar refractivity (Wildman–Crippen MR) is 73.1 cm³/mol. The summed E-state index contributed by atoms with van der Waals surface area (Å²) < 4.78 is 26.9. The van der Waals surface area contributed by atoms with Gasteiger partial charge in [-0.25, -0.2) is 13.1 Å². The zero-order valence-electron chi connectivity index (χ0n) is 11.0. The van der Waals surface area contributed by atoms with Crippen molar-refractivity contribution in [2.45, 2.75) is 30.7 Å². The molecule has 1 aromatic rings. The summed E-state index contributed by atoms with van der Waals surface area (Å²) >= 11 is 0. The van der Waals surface area contributed by atoms with E-state index in [2.05, 4.69) is 4.72 Å². The van der Waals surface area contributed by atoms with E-state index in [1.54, 1.807) is 19.9 Å². The van der Waals surface area contributed by atoms with Crippen LogP contribution in [0.15, 0.2) is 23.1 Å². The quantitative estimate of drug-likeness (QED) is 0.550. The van der Waals surface area contributed by atoms with Crippen molar-refractivity contribution in [3.05, 3.63) is 23.8 Å². The van der Waals surface area contributed by atoms with Crippen molar-refractivity contribution < 1.29 is 18.6 Å². The number of nitrogens with two attached hydrogens (primary N) is 1. The number of hydrogen-bond donors (Lipinski definition) is 4. The van der Waals surface area contributed by atoms with Crippen molar-refractivity contribution in [1.82, 2.24) is 4.72 Å². The summed E-state index contributed by atoms with van der Waals surface area (Å²) in [6, 6.07) is 4.45. The van der Waals surface area contributed by atoms with Gasteiger partial charge in [0, 0.05) is 5.69 Å². The van der Waals surface area contributed by atoms with Crippen molar-refractivity contribution in [3.8, 4) is 0 Å². The summed E-state index contributed by atoms with van der Waals surface area (Å²) in [5, 5.41) is 18.6. The molecular weight excluding hydrogens is 268 g/mol. The fourth-order valence-electron chi connectivity index (χ4n) is 1.72. The molecule has 0 aliphatic rings. The minimum atomic E-state index is -3.83. The van der Waals surface area contributed by atoms with Crippen LogP contribution in [0, 0.1) is 6.92 Å². The van der Waals surface area contributed by atoms with Gasteiger partial charge in [-0.3, -0.25) is 0 Å². The highest BCUT2D eigenvalue weighted by Crippen LogP contribution is 2.20. The van der Waals surface area contributed by atoms with Crippen LogP contribution in [0.25, 0.3) is 0 Å². The Morgan fingerprint density at radius 2 is 1.89 bits per heavy atom. The van der Waals surface area contributed by atoms with Gasteiger partial charge >= 0.3 is 0 Å². The molecule has 0 aromatic heterocycles. The Labute approximate surface area is 113 Å². The number of nitrogen functional groups attached to an aromatic ring is 1. The summed E-state index contributed by atoms with van der Waals surface area (Å²) in [5.41, 5.74) is 5.31. The highest BCUT2D eigenvalue weighted by atomic mass is 32.2. The van der Waals surface area contributed by atoms with Crippen LogP contribution in [0.5, 0.6) is 0 Å². The molecule has 0 heterocycles. The zero-order valence-corrected chi connectivity index (χ0v) is 11.9. The molecule has 5 N–H and O–H groups in total. The van der Waals surface area contributed by atoms with Gasteiger partial charge < -0.3 is 15.9 Å². The molecule has 0 amide bonds. The van der Waals surface area contributed by atoms with E-state index in [4.69, 9.17) is 5.73 Å². The van der Waals surface area contributed by atoms with E-state index in [0.717, 1.165) is 0 Å². The Morgan fingerprint density at radius 1 is 1.32 bits per heavy atom. The Kier molecular flexibility index (Phi) is 4.92. The summed E-state index contributed by atoms with van der Waals surface area (Å²) in [4.78, 5) is 0.0847. The molecule has 6 nitrogen and oxygen atoms in total. The van der Waals surface area contributed by atoms with Gasteiger partial charge in [0.2, 0.25) is 10.0 Å². The van der Waals surface area contributed by atoms with Gasteiger partial charge in [-0.15, -0.1) is 0 Å². The minimum absolute atomic E-state index is 0.0847. The molecule has 0 bridgehead atoms. The fourth-order valence-corrected chi connectivity index (χ4v) is 3.41. The summed E-state index contributed by atoms with van der Waals surface area (Å²) in [7, 11) is -3.83. The Balaban J connectivity index is 3.17. The van der Waals surface area contributed by atoms with Gasteiger partial charge in [0.1, 0.15) is 0 Å². The van der Waals surface area contributed by atoms with Gasteiger partial charge in [-0.2, -0.15) is 0 Å². The molecule has 7 heteroatoms. The topological polar surface area (TPSA) is 113 Å². The maximum absolute atomic E-state index is 12.3. The maximum Gasteiger partial charge on any atom is 0.241 e. The maximum atomic E-state index is 12.3. The lowest BCUT2D eigenvalue weighted by molar-refractivity contribution is 0.105. The molecule has 0 spiro atoms. The number of rotatable bonds is 6. The third-order valence-electron chi connectivity index (χ3n) is 3.12. The van der Waals surface area contributed by atoms with Crippen LogP contribution in [-0.4, -0.2) is 37.4 Å². The summed E-state index contributed by atoms with van der Waals surface area (Å²) in [5.74, 6) is 0. The molecule has 0 atom stereocenters. The molecule has 0 aliphatic carbocycles. The zero-order chi connectivity index (χ0) is 14.7. The number of hydrogen-bond acceptors (Lipinski definition) is 5. The van der Waals surface area contributed by atoms with E-state index < -0.39 is 28.8 Å². The third-order valence-corrected chi connectivity index (χ3v) is 4.86. The highest BCUT2D eigenvalue weighted by molar-refractivity contribution is 7.89. The standard InChI is InChI=1S/C12H20N2O4S/c1-3-12(7-15,8-16)14-19(17,18)11-5-4-10(13)6-9(11)2/h4-6,14-16H,3,7-8,13H2,1-2H3. The van der Waals surface area contributed by atoms with E-state index in [0.29, 0.717) is 11.3 Å². The van der Waals surface area contributed by atoms with Gasteiger partial charge in [-0.05, 0) is 37.1 Å². The number of sulfonamides is 1. The molecule has 19 heavy (non-hydrogen) atoms. The number of aliphatic hydroxyl groups excluding tert-OH is 2. The third kappa shape index (κ3) is 3.44. The first kappa shape index (κ1) is 15.9. The van der Waals surface area contributed by atoms with Gasteiger partial charge in [0.25, 0.3) is 0 Å². The van der Waals surface area contributed by atoms with Crippen LogP contribution >= 0.6 is 0 Å². The average Bonchev–Trinajstić information content (AvgIpc) is 2.35. The second-order valence-electron chi connectivity index (χ2n) is 4.58. The largest absolute Gasteiger partial charge is 0.399 e. The molecule has 0 radical (unpaired) electrons. The van der Waals surface area contributed by atoms with Crippen molar-refractivity contribution >= 4 is 15.7 Å². The molecule has 108 valence electrons. The van der Waals surface area contributed by atoms with Crippen LogP contribution < -0.4 is 10.5 Å². The first-order chi connectivity index (χ1) is 8.80. The number of nitrogens with one attached hydrogen (secondary N) is 1. The average molecular weight is 288 g/mol. The Bertz CT molecular complexity index is 530. The van der Waals surface area contributed by atoms with Crippen LogP contribution in [0.3, 0.4) is 0 Å². The van der Waals surface area contributed by atoms with E-state index in [-0.39, 0.29) is 11.3 Å². The Hall–Kier alpha value is -1.15. The fraction of sp³-hybridized carbons (Fsp3) is 0.500. The SMILES string of the molecule is CCC(CO)(CO)NS(=O)(=O)c1ccc(N)cc1C. The smallest absolute Gasteiger partial charge is 0.241 e. The monoisotopic (exact) mass is 288 g/mol. The molecule has 1 aromatic carbocycles. The van der Waals surface area contributed by atoms with E-state index in [1.165, 1.54) is 12.1 Å². The lowest BCUT2D eigenvalue weighted by Crippen LogP contribution is -2.53. The molecule has 0 fully saturated rings.